The topological polar surface area (TPSA) is 63.9 Å². The fraction of sp³-hybridized carbons (Fsp3) is 0.263. The summed E-state index contributed by atoms with van der Waals surface area (Å²) in [6.45, 7) is 1.94. The second kappa shape index (κ2) is 7.14. The highest BCUT2D eigenvalue weighted by molar-refractivity contribution is 6.34. The Labute approximate surface area is 168 Å². The van der Waals surface area contributed by atoms with E-state index >= 15 is 0 Å². The van der Waals surface area contributed by atoms with Crippen LogP contribution in [0.1, 0.15) is 34.2 Å². The monoisotopic (exact) mass is 421 g/mol. The molecule has 0 saturated heterocycles. The summed E-state index contributed by atoms with van der Waals surface area (Å²) in [5.41, 5.74) is 0.172. The van der Waals surface area contributed by atoms with Crippen molar-refractivity contribution in [1.29, 1.82) is 0 Å². The predicted octanol–water partition coefficient (Wildman–Crippen LogP) is 3.92. The van der Waals surface area contributed by atoms with Gasteiger partial charge in [0.2, 0.25) is 0 Å². The molecule has 3 heterocycles. The first-order chi connectivity index (χ1) is 13.8. The second-order valence-electron chi connectivity index (χ2n) is 6.73. The van der Waals surface area contributed by atoms with Crippen molar-refractivity contribution >= 4 is 17.5 Å². The van der Waals surface area contributed by atoms with Crippen LogP contribution in [0.5, 0.6) is 0 Å². The Hall–Kier alpha value is -2.94. The highest BCUT2D eigenvalue weighted by Crippen LogP contribution is 2.37. The minimum atomic E-state index is -4.64. The van der Waals surface area contributed by atoms with Crippen molar-refractivity contribution in [2.45, 2.75) is 32.1 Å². The van der Waals surface area contributed by atoms with Crippen LogP contribution < -0.4 is 0 Å². The Kier molecular flexibility index (Phi) is 4.77. The Balaban J connectivity index is 1.66. The van der Waals surface area contributed by atoms with E-state index in [0.717, 1.165) is 11.8 Å². The molecule has 10 heteroatoms. The van der Waals surface area contributed by atoms with Gasteiger partial charge in [-0.25, -0.2) is 4.98 Å². The number of pyridine rings is 1. The van der Waals surface area contributed by atoms with Gasteiger partial charge in [-0.3, -0.25) is 4.79 Å². The number of alkyl halides is 3. The Morgan fingerprint density at radius 1 is 1.21 bits per heavy atom. The van der Waals surface area contributed by atoms with Crippen molar-refractivity contribution in [3.63, 3.8) is 0 Å². The molecular weight excluding hydrogens is 407 g/mol. The van der Waals surface area contributed by atoms with Crippen LogP contribution in [-0.2, 0) is 19.1 Å². The van der Waals surface area contributed by atoms with Crippen LogP contribution in [0.4, 0.5) is 13.2 Å². The maximum absolute atomic E-state index is 13.1. The third kappa shape index (κ3) is 3.46. The van der Waals surface area contributed by atoms with E-state index in [9.17, 15) is 18.0 Å². The highest BCUT2D eigenvalue weighted by Gasteiger charge is 2.37. The van der Waals surface area contributed by atoms with Gasteiger partial charge < -0.3 is 4.90 Å². The lowest BCUT2D eigenvalue weighted by Gasteiger charge is -2.33. The average molecular weight is 422 g/mol. The number of hydrogen-bond acceptors (Lipinski definition) is 4. The summed E-state index contributed by atoms with van der Waals surface area (Å²) in [5, 5.41) is 7.67. The number of rotatable bonds is 2. The molecule has 1 aliphatic heterocycles. The van der Waals surface area contributed by atoms with Crippen LogP contribution in [0, 0.1) is 0 Å². The summed E-state index contributed by atoms with van der Waals surface area (Å²) >= 11 is 5.93. The van der Waals surface area contributed by atoms with E-state index in [4.69, 9.17) is 11.6 Å². The molecule has 3 aromatic rings. The van der Waals surface area contributed by atoms with Gasteiger partial charge in [0, 0.05) is 18.7 Å². The lowest BCUT2D eigenvalue weighted by atomic mass is 10.0. The van der Waals surface area contributed by atoms with Gasteiger partial charge >= 0.3 is 6.18 Å². The van der Waals surface area contributed by atoms with Gasteiger partial charge in [-0.1, -0.05) is 28.9 Å². The molecule has 150 valence electrons. The minimum absolute atomic E-state index is 0.120. The molecule has 1 aromatic carbocycles. The normalized spacial score (nSPS) is 16.6. The van der Waals surface area contributed by atoms with E-state index < -0.39 is 22.7 Å². The van der Waals surface area contributed by atoms with Crippen molar-refractivity contribution in [3.8, 4) is 5.82 Å². The lowest BCUT2D eigenvalue weighted by molar-refractivity contribution is -0.137. The first-order valence-electron chi connectivity index (χ1n) is 8.79. The second-order valence-corrected chi connectivity index (χ2v) is 7.11. The number of halogens is 4. The number of hydrogen-bond donors (Lipinski definition) is 0. The summed E-state index contributed by atoms with van der Waals surface area (Å²) in [7, 11) is 0. The van der Waals surface area contributed by atoms with Crippen LogP contribution in [-0.4, -0.2) is 36.8 Å². The molecule has 0 spiro atoms. The number of carbonyl (C=O) groups is 1. The number of benzene rings is 1. The molecule has 1 amide bonds. The summed E-state index contributed by atoms with van der Waals surface area (Å²) in [6.07, 6.45) is -2.57. The third-order valence-electron chi connectivity index (χ3n) is 4.85. The van der Waals surface area contributed by atoms with Gasteiger partial charge in [-0.2, -0.15) is 17.9 Å². The molecule has 6 nitrogen and oxygen atoms in total. The average Bonchev–Trinajstić information content (AvgIpc) is 3.09. The molecule has 0 N–H and O–H groups in total. The fourth-order valence-corrected chi connectivity index (χ4v) is 3.69. The zero-order valence-corrected chi connectivity index (χ0v) is 15.9. The van der Waals surface area contributed by atoms with Crippen molar-refractivity contribution in [1.82, 2.24) is 24.9 Å². The molecule has 4 rings (SSSR count). The first-order valence-corrected chi connectivity index (χ1v) is 9.16. The first kappa shape index (κ1) is 19.4. The summed E-state index contributed by atoms with van der Waals surface area (Å²) in [5.74, 6) is 0.0285. The van der Waals surface area contributed by atoms with E-state index in [2.05, 4.69) is 15.3 Å². The number of carbonyl (C=O) groups excluding carboxylic acids is 1. The molecule has 0 aliphatic carbocycles. The number of fused-ring (bicyclic) bond motifs is 1. The lowest BCUT2D eigenvalue weighted by Crippen LogP contribution is -2.43. The molecule has 29 heavy (non-hydrogen) atoms. The van der Waals surface area contributed by atoms with Crippen LogP contribution in [0.25, 0.3) is 5.82 Å². The maximum Gasteiger partial charge on any atom is 0.417 e. The number of amides is 1. The Morgan fingerprint density at radius 3 is 2.69 bits per heavy atom. The molecular formula is C19H15ClF3N5O. The minimum Gasteiger partial charge on any atom is -0.329 e. The van der Waals surface area contributed by atoms with Gasteiger partial charge in [-0.15, -0.1) is 5.10 Å². The van der Waals surface area contributed by atoms with Crippen molar-refractivity contribution < 1.29 is 18.0 Å². The van der Waals surface area contributed by atoms with Crippen molar-refractivity contribution in [2.75, 3.05) is 0 Å². The molecule has 2 aromatic heterocycles. The maximum atomic E-state index is 13.1. The fourth-order valence-electron chi connectivity index (χ4n) is 3.37. The summed E-state index contributed by atoms with van der Waals surface area (Å²) < 4.78 is 41.0. The van der Waals surface area contributed by atoms with E-state index in [-0.39, 0.29) is 18.2 Å². The molecule has 0 saturated carbocycles. The zero-order valence-electron chi connectivity index (χ0n) is 15.2. The summed E-state index contributed by atoms with van der Waals surface area (Å²) in [6, 6.07) is 8.45. The van der Waals surface area contributed by atoms with Crippen LogP contribution in [0.15, 0.2) is 42.6 Å². The van der Waals surface area contributed by atoms with Crippen LogP contribution in [0.3, 0.4) is 0 Å². The van der Waals surface area contributed by atoms with Gasteiger partial charge in [0.25, 0.3) is 5.91 Å². The van der Waals surface area contributed by atoms with Crippen molar-refractivity contribution in [3.05, 3.63) is 70.1 Å². The zero-order chi connectivity index (χ0) is 20.8. The Morgan fingerprint density at radius 2 is 2.00 bits per heavy atom. The quantitative estimate of drug-likeness (QED) is 0.629. The third-order valence-corrected chi connectivity index (χ3v) is 5.25. The van der Waals surface area contributed by atoms with Gasteiger partial charge in [-0.05, 0) is 31.2 Å². The van der Waals surface area contributed by atoms with Gasteiger partial charge in [0.1, 0.15) is 5.69 Å². The van der Waals surface area contributed by atoms with E-state index in [1.54, 1.807) is 23.0 Å². The van der Waals surface area contributed by atoms with E-state index in [1.807, 2.05) is 13.0 Å². The molecule has 0 unspecified atom stereocenters. The predicted molar refractivity (Wildman–Crippen MR) is 98.6 cm³/mol. The highest BCUT2D eigenvalue weighted by atomic mass is 35.5. The molecule has 1 atom stereocenters. The Bertz CT molecular complexity index is 1070. The number of nitrogens with zero attached hydrogens (tertiary/aromatic N) is 5. The summed E-state index contributed by atoms with van der Waals surface area (Å²) in [4.78, 5) is 18.7. The van der Waals surface area contributed by atoms with E-state index in [1.165, 1.54) is 17.0 Å². The SMILES string of the molecule is C[C@H]1Cc2c(nnn2-c2ccccn2)CN1C(=O)c1cccc(C(F)(F)F)c1Cl. The van der Waals surface area contributed by atoms with Crippen LogP contribution in [0.2, 0.25) is 5.02 Å². The molecule has 0 bridgehead atoms. The van der Waals surface area contributed by atoms with Crippen molar-refractivity contribution in [2.24, 2.45) is 0 Å². The molecule has 1 aliphatic rings. The molecule has 0 radical (unpaired) electrons. The molecule has 0 fully saturated rings. The number of aromatic nitrogens is 4. The largest absolute Gasteiger partial charge is 0.417 e. The van der Waals surface area contributed by atoms with E-state index in [0.29, 0.717) is 17.9 Å². The van der Waals surface area contributed by atoms with Gasteiger partial charge in [0.15, 0.2) is 5.82 Å². The smallest absolute Gasteiger partial charge is 0.329 e. The standard InChI is InChI=1S/C19H15ClF3N5O/c1-11-9-15-14(25-26-28(15)16-7-2-3-8-24-16)10-27(11)18(29)12-5-4-6-13(17(12)20)19(21,22)23/h2-8,11H,9-10H2,1H3/t11-/m0/s1. The van der Waals surface area contributed by atoms with Crippen LogP contribution >= 0.6 is 11.6 Å². The van der Waals surface area contributed by atoms with Gasteiger partial charge in [0.05, 0.1) is 28.4 Å².